The minimum atomic E-state index is -1.14. The quantitative estimate of drug-likeness (QED) is 0.367. The van der Waals surface area contributed by atoms with E-state index in [0.29, 0.717) is 5.69 Å². The summed E-state index contributed by atoms with van der Waals surface area (Å²) >= 11 is 2.24. The largest absolute Gasteiger partial charge is 0.480 e. The third-order valence-electron chi connectivity index (χ3n) is 6.21. The Kier molecular flexibility index (Phi) is 7.62. The number of carbonyl (C=O) groups is 3. The van der Waals surface area contributed by atoms with Crippen molar-refractivity contribution in [3.63, 3.8) is 0 Å². The molecule has 0 bridgehead atoms. The Morgan fingerprint density at radius 1 is 1.14 bits per heavy atom. The summed E-state index contributed by atoms with van der Waals surface area (Å²) in [7, 11) is 0. The number of hydrogen-bond acceptors (Lipinski definition) is 5. The van der Waals surface area contributed by atoms with Gasteiger partial charge in [-0.2, -0.15) is 0 Å². The molecule has 2 atom stereocenters. The highest BCUT2D eigenvalue weighted by Gasteiger charge is 2.37. The van der Waals surface area contributed by atoms with Crippen LogP contribution in [-0.2, 0) is 29.0 Å². The SMILES string of the molecule is Cc1ccc(C[C@H](NC(=O)[C@@H]2Cc3cc(C)c(I)cc3CN2C(=O)Nc2cc(C)no2)C(=O)O)cc1. The second-order valence-corrected chi connectivity index (χ2v) is 10.2. The van der Waals surface area contributed by atoms with E-state index in [1.807, 2.05) is 50.2 Å². The minimum absolute atomic E-state index is 0.130. The molecule has 36 heavy (non-hydrogen) atoms. The first kappa shape index (κ1) is 25.7. The molecular formula is C26H27IN4O5. The fourth-order valence-electron chi connectivity index (χ4n) is 4.21. The number of carboxylic acids is 1. The third-order valence-corrected chi connectivity index (χ3v) is 7.37. The van der Waals surface area contributed by atoms with Crippen LogP contribution in [0.25, 0.3) is 0 Å². The van der Waals surface area contributed by atoms with Crippen LogP contribution in [0, 0.1) is 24.3 Å². The van der Waals surface area contributed by atoms with Crippen molar-refractivity contribution in [1.82, 2.24) is 15.4 Å². The summed E-state index contributed by atoms with van der Waals surface area (Å²) < 4.78 is 6.17. The normalized spacial score (nSPS) is 15.7. The van der Waals surface area contributed by atoms with Gasteiger partial charge in [0.1, 0.15) is 12.1 Å². The number of rotatable bonds is 6. The fraction of sp³-hybridized carbons (Fsp3) is 0.308. The zero-order valence-corrected chi connectivity index (χ0v) is 22.3. The number of hydrogen-bond donors (Lipinski definition) is 3. The molecular weight excluding hydrogens is 575 g/mol. The predicted molar refractivity (Wildman–Crippen MR) is 142 cm³/mol. The van der Waals surface area contributed by atoms with Crippen molar-refractivity contribution in [3.8, 4) is 0 Å². The van der Waals surface area contributed by atoms with E-state index in [2.05, 4.69) is 38.4 Å². The van der Waals surface area contributed by atoms with Crippen molar-refractivity contribution in [2.24, 2.45) is 0 Å². The van der Waals surface area contributed by atoms with E-state index in [0.717, 1.165) is 31.4 Å². The molecule has 0 unspecified atom stereocenters. The van der Waals surface area contributed by atoms with Crippen molar-refractivity contribution in [2.45, 2.75) is 52.2 Å². The molecule has 188 valence electrons. The number of amides is 3. The highest BCUT2D eigenvalue weighted by Crippen LogP contribution is 2.28. The van der Waals surface area contributed by atoms with E-state index in [1.165, 1.54) is 4.90 Å². The van der Waals surface area contributed by atoms with E-state index >= 15 is 0 Å². The maximum absolute atomic E-state index is 13.5. The van der Waals surface area contributed by atoms with Gasteiger partial charge in [-0.25, -0.2) is 9.59 Å². The van der Waals surface area contributed by atoms with Crippen LogP contribution in [0.2, 0.25) is 0 Å². The van der Waals surface area contributed by atoms with Crippen molar-refractivity contribution < 1.29 is 24.0 Å². The van der Waals surface area contributed by atoms with Gasteiger partial charge in [-0.1, -0.05) is 41.1 Å². The Balaban J connectivity index is 1.59. The molecule has 9 nitrogen and oxygen atoms in total. The first-order valence-corrected chi connectivity index (χ1v) is 12.6. The molecule has 2 aromatic carbocycles. The second kappa shape index (κ2) is 10.7. The van der Waals surface area contributed by atoms with E-state index in [-0.39, 0.29) is 25.3 Å². The second-order valence-electron chi connectivity index (χ2n) is 9.07. The van der Waals surface area contributed by atoms with Crippen LogP contribution in [0.15, 0.2) is 47.0 Å². The van der Waals surface area contributed by atoms with E-state index < -0.39 is 30.0 Å². The van der Waals surface area contributed by atoms with Gasteiger partial charge in [0, 0.05) is 29.0 Å². The molecule has 10 heteroatoms. The van der Waals surface area contributed by atoms with E-state index in [4.69, 9.17) is 4.52 Å². The molecule has 1 aromatic heterocycles. The van der Waals surface area contributed by atoms with Crippen molar-refractivity contribution >= 4 is 46.4 Å². The number of carboxylic acid groups (broad SMARTS) is 1. The van der Waals surface area contributed by atoms with Crippen molar-refractivity contribution in [3.05, 3.63) is 79.5 Å². The fourth-order valence-corrected chi connectivity index (χ4v) is 4.74. The first-order valence-electron chi connectivity index (χ1n) is 11.5. The highest BCUT2D eigenvalue weighted by atomic mass is 127. The number of fused-ring (bicyclic) bond motifs is 1. The van der Waals surface area contributed by atoms with Gasteiger partial charge in [-0.05, 0) is 71.7 Å². The van der Waals surface area contributed by atoms with Gasteiger partial charge in [0.15, 0.2) is 0 Å². The Labute approximate surface area is 222 Å². The summed E-state index contributed by atoms with van der Waals surface area (Å²) in [4.78, 5) is 40.1. The molecule has 1 aliphatic heterocycles. The van der Waals surface area contributed by atoms with Gasteiger partial charge in [-0.15, -0.1) is 0 Å². The Morgan fingerprint density at radius 2 is 1.86 bits per heavy atom. The summed E-state index contributed by atoms with van der Waals surface area (Å²) in [5, 5.41) is 18.9. The molecule has 0 saturated heterocycles. The van der Waals surface area contributed by atoms with Crippen molar-refractivity contribution in [2.75, 3.05) is 5.32 Å². The van der Waals surface area contributed by atoms with Crippen LogP contribution in [-0.4, -0.2) is 45.2 Å². The van der Waals surface area contributed by atoms with Gasteiger partial charge in [0.05, 0.1) is 5.69 Å². The summed E-state index contributed by atoms with van der Waals surface area (Å²) in [5.74, 6) is -1.50. The lowest BCUT2D eigenvalue weighted by molar-refractivity contribution is -0.142. The molecule has 3 N–H and O–H groups in total. The topological polar surface area (TPSA) is 125 Å². The molecule has 0 spiro atoms. The molecule has 4 rings (SSSR count). The Morgan fingerprint density at radius 3 is 2.50 bits per heavy atom. The first-order chi connectivity index (χ1) is 17.1. The average Bonchev–Trinajstić information content (AvgIpc) is 3.24. The molecule has 0 radical (unpaired) electrons. The van der Waals surface area contributed by atoms with Crippen LogP contribution >= 0.6 is 22.6 Å². The highest BCUT2D eigenvalue weighted by molar-refractivity contribution is 14.1. The Bertz CT molecular complexity index is 1300. The lowest BCUT2D eigenvalue weighted by Gasteiger charge is -2.36. The number of anilines is 1. The number of aryl methyl sites for hydroxylation is 3. The van der Waals surface area contributed by atoms with E-state index in [9.17, 15) is 19.5 Å². The van der Waals surface area contributed by atoms with Crippen LogP contribution in [0.5, 0.6) is 0 Å². The lowest BCUT2D eigenvalue weighted by Crippen LogP contribution is -2.56. The maximum Gasteiger partial charge on any atom is 0.326 e. The number of carbonyl (C=O) groups excluding carboxylic acids is 2. The number of aliphatic carboxylic acids is 1. The summed E-state index contributed by atoms with van der Waals surface area (Å²) in [6.45, 7) is 5.86. The number of aromatic nitrogens is 1. The standard InChI is InChI=1S/C26H27IN4O5/c1-14-4-6-17(7-5-14)10-21(25(33)34)28-24(32)22-12-18-8-15(2)20(27)11-19(18)13-31(22)26(35)29-23-9-16(3)30-36-23/h4-9,11,21-22H,10,12-13H2,1-3H3,(H,28,32)(H,29,35)(H,33,34)/t21-,22-/m0/s1. The molecule has 0 fully saturated rings. The van der Waals surface area contributed by atoms with E-state index in [1.54, 1.807) is 13.0 Å². The molecule has 3 aromatic rings. The van der Waals surface area contributed by atoms with Gasteiger partial charge in [-0.3, -0.25) is 10.1 Å². The third kappa shape index (κ3) is 5.86. The van der Waals surface area contributed by atoms with Gasteiger partial charge in [0.2, 0.25) is 11.8 Å². The monoisotopic (exact) mass is 602 g/mol. The Hall–Kier alpha value is -3.41. The number of nitrogens with zero attached hydrogens (tertiary/aromatic N) is 2. The maximum atomic E-state index is 13.5. The molecule has 1 aliphatic rings. The van der Waals surface area contributed by atoms with Crippen LogP contribution in [0.3, 0.4) is 0 Å². The summed E-state index contributed by atoms with van der Waals surface area (Å²) in [6.07, 6.45) is 0.393. The van der Waals surface area contributed by atoms with Crippen molar-refractivity contribution in [1.29, 1.82) is 0 Å². The smallest absolute Gasteiger partial charge is 0.326 e. The molecule has 3 amide bonds. The minimum Gasteiger partial charge on any atom is -0.480 e. The molecule has 2 heterocycles. The summed E-state index contributed by atoms with van der Waals surface area (Å²) in [6, 6.07) is 10.5. The summed E-state index contributed by atoms with van der Waals surface area (Å²) in [5.41, 5.74) is 5.43. The lowest BCUT2D eigenvalue weighted by atomic mass is 9.92. The number of urea groups is 1. The van der Waals surface area contributed by atoms with Gasteiger partial charge >= 0.3 is 12.0 Å². The zero-order chi connectivity index (χ0) is 26.0. The number of halogens is 1. The van der Waals surface area contributed by atoms with Gasteiger partial charge < -0.3 is 19.8 Å². The van der Waals surface area contributed by atoms with Crippen LogP contribution < -0.4 is 10.6 Å². The number of benzene rings is 2. The van der Waals surface area contributed by atoms with Gasteiger partial charge in [0.25, 0.3) is 0 Å². The average molecular weight is 602 g/mol. The number of nitrogens with one attached hydrogen (secondary N) is 2. The molecule has 0 saturated carbocycles. The molecule has 0 aliphatic carbocycles. The predicted octanol–water partition coefficient (Wildman–Crippen LogP) is 3.98. The van der Waals surface area contributed by atoms with Crippen LogP contribution in [0.4, 0.5) is 10.7 Å². The van der Waals surface area contributed by atoms with Crippen LogP contribution in [0.1, 0.15) is 33.5 Å². The zero-order valence-electron chi connectivity index (χ0n) is 20.2.